The first-order valence-electron chi connectivity index (χ1n) is 4.39. The van der Waals surface area contributed by atoms with Crippen LogP contribution in [0.15, 0.2) is 12.7 Å². The zero-order valence-electron chi connectivity index (χ0n) is 8.80. The second-order valence-electron chi connectivity index (χ2n) is 2.47. The standard InChI is InChI=1S/C6H12.C3H10O2Si/c1-3-5-6-4-2;1-4-6(3)5-2/h3H,1,4-6H2,2H3;6H,1-3H3. The Bertz CT molecular complexity index is 82.6. The fourth-order valence-electron chi connectivity index (χ4n) is 0.445. The van der Waals surface area contributed by atoms with Gasteiger partial charge in [-0.15, -0.1) is 6.58 Å². The van der Waals surface area contributed by atoms with Gasteiger partial charge in [-0.05, 0) is 13.0 Å². The van der Waals surface area contributed by atoms with Crippen LogP contribution >= 0.6 is 0 Å². The molecule has 12 heavy (non-hydrogen) atoms. The van der Waals surface area contributed by atoms with Crippen molar-refractivity contribution in [1.82, 2.24) is 0 Å². The molecule has 0 unspecified atom stereocenters. The lowest BCUT2D eigenvalue weighted by Crippen LogP contribution is -2.12. The predicted octanol–water partition coefficient (Wildman–Crippen LogP) is 2.49. The molecule has 0 fully saturated rings. The highest BCUT2D eigenvalue weighted by Gasteiger charge is 1.94. The molecular weight excluding hydrogens is 168 g/mol. The van der Waals surface area contributed by atoms with Gasteiger partial charge in [0.2, 0.25) is 0 Å². The average molecular weight is 190 g/mol. The van der Waals surface area contributed by atoms with Crippen molar-refractivity contribution < 1.29 is 8.85 Å². The van der Waals surface area contributed by atoms with Gasteiger partial charge < -0.3 is 8.85 Å². The van der Waals surface area contributed by atoms with E-state index in [1.165, 1.54) is 19.3 Å². The van der Waals surface area contributed by atoms with Crippen LogP contribution in [0.4, 0.5) is 0 Å². The molecule has 0 amide bonds. The minimum atomic E-state index is -1.16. The molecule has 2 nitrogen and oxygen atoms in total. The maximum Gasteiger partial charge on any atom is 0.317 e. The maximum absolute atomic E-state index is 4.82. The molecule has 3 heteroatoms. The van der Waals surface area contributed by atoms with Crippen molar-refractivity contribution in [3.63, 3.8) is 0 Å². The molecule has 0 aliphatic heterocycles. The van der Waals surface area contributed by atoms with E-state index < -0.39 is 9.28 Å². The van der Waals surface area contributed by atoms with Crippen LogP contribution < -0.4 is 0 Å². The first kappa shape index (κ1) is 14.4. The van der Waals surface area contributed by atoms with Crippen LogP contribution in [0.1, 0.15) is 26.2 Å². The van der Waals surface area contributed by atoms with Gasteiger partial charge in [-0.3, -0.25) is 0 Å². The molecular formula is C9H22O2Si. The topological polar surface area (TPSA) is 18.5 Å². The second-order valence-corrected chi connectivity index (χ2v) is 4.55. The van der Waals surface area contributed by atoms with Crippen molar-refractivity contribution in [3.8, 4) is 0 Å². The number of rotatable bonds is 5. The van der Waals surface area contributed by atoms with E-state index in [4.69, 9.17) is 8.85 Å². The summed E-state index contributed by atoms with van der Waals surface area (Å²) in [6, 6.07) is 0. The van der Waals surface area contributed by atoms with E-state index in [0.29, 0.717) is 0 Å². The summed E-state index contributed by atoms with van der Waals surface area (Å²) >= 11 is 0. The van der Waals surface area contributed by atoms with Crippen LogP contribution in [0, 0.1) is 0 Å². The van der Waals surface area contributed by atoms with E-state index in [0.717, 1.165) is 0 Å². The lowest BCUT2D eigenvalue weighted by atomic mass is 10.3. The van der Waals surface area contributed by atoms with Crippen LogP contribution in [0.25, 0.3) is 0 Å². The molecule has 0 rings (SSSR count). The third-order valence-electron chi connectivity index (χ3n) is 1.43. The normalized spacial score (nSPS) is 9.08. The Morgan fingerprint density at radius 3 is 1.92 bits per heavy atom. The second kappa shape index (κ2) is 13.5. The summed E-state index contributed by atoms with van der Waals surface area (Å²) in [7, 11) is 2.17. The molecule has 0 bridgehead atoms. The van der Waals surface area contributed by atoms with Crippen molar-refractivity contribution in [2.24, 2.45) is 0 Å². The zero-order chi connectivity index (χ0) is 9.82. The van der Waals surface area contributed by atoms with Crippen LogP contribution in [0.2, 0.25) is 6.55 Å². The number of hydrogen-bond donors (Lipinski definition) is 0. The van der Waals surface area contributed by atoms with Crippen LogP contribution in [-0.2, 0) is 8.85 Å². The number of hydrogen-bond acceptors (Lipinski definition) is 2. The number of unbranched alkanes of at least 4 members (excludes halogenated alkanes) is 2. The summed E-state index contributed by atoms with van der Waals surface area (Å²) in [6.45, 7) is 7.75. The molecule has 74 valence electrons. The first-order chi connectivity index (χ1) is 5.72. The SMILES string of the molecule is C=CCCCC.CO[SiH](C)OC. The molecule has 0 saturated carbocycles. The van der Waals surface area contributed by atoms with E-state index in [9.17, 15) is 0 Å². The highest BCUT2D eigenvalue weighted by Crippen LogP contribution is 1.91. The van der Waals surface area contributed by atoms with Gasteiger partial charge in [0.15, 0.2) is 0 Å². The summed E-state index contributed by atoms with van der Waals surface area (Å²) in [6.07, 6.45) is 5.72. The van der Waals surface area contributed by atoms with Crippen molar-refractivity contribution in [3.05, 3.63) is 12.7 Å². The lowest BCUT2D eigenvalue weighted by molar-refractivity contribution is 0.285. The molecule has 0 spiro atoms. The molecule has 0 saturated heterocycles. The highest BCUT2D eigenvalue weighted by atomic mass is 28.3. The summed E-state index contributed by atoms with van der Waals surface area (Å²) in [5.41, 5.74) is 0. The Hall–Kier alpha value is -0.123. The molecule has 0 aromatic carbocycles. The van der Waals surface area contributed by atoms with E-state index in [1.807, 2.05) is 12.6 Å². The molecule has 0 N–H and O–H groups in total. The Morgan fingerprint density at radius 1 is 1.33 bits per heavy atom. The zero-order valence-corrected chi connectivity index (χ0v) is 9.95. The molecule has 0 aliphatic carbocycles. The summed E-state index contributed by atoms with van der Waals surface area (Å²) in [4.78, 5) is 0. The Kier molecular flexibility index (Phi) is 16.2. The Labute approximate surface area is 78.4 Å². The van der Waals surface area contributed by atoms with Gasteiger partial charge in [0.05, 0.1) is 0 Å². The van der Waals surface area contributed by atoms with Crippen LogP contribution in [0.3, 0.4) is 0 Å². The average Bonchev–Trinajstić information content (AvgIpc) is 2.14. The minimum absolute atomic E-state index is 1.16. The predicted molar refractivity (Wildman–Crippen MR) is 56.8 cm³/mol. The molecule has 0 aromatic heterocycles. The summed E-state index contributed by atoms with van der Waals surface area (Å²) in [5, 5.41) is 0. The fraction of sp³-hybridized carbons (Fsp3) is 0.778. The molecule has 0 atom stereocenters. The van der Waals surface area contributed by atoms with Gasteiger partial charge in [0.1, 0.15) is 0 Å². The maximum atomic E-state index is 4.82. The van der Waals surface area contributed by atoms with Gasteiger partial charge in [-0.2, -0.15) is 0 Å². The summed E-state index contributed by atoms with van der Waals surface area (Å²) in [5.74, 6) is 0. The lowest BCUT2D eigenvalue weighted by Gasteiger charge is -2.00. The van der Waals surface area contributed by atoms with E-state index >= 15 is 0 Å². The first-order valence-corrected chi connectivity index (χ1v) is 6.49. The van der Waals surface area contributed by atoms with Crippen molar-refractivity contribution in [2.45, 2.75) is 32.7 Å². The van der Waals surface area contributed by atoms with Crippen LogP contribution in [0.5, 0.6) is 0 Å². The molecule has 0 aliphatic rings. The summed E-state index contributed by atoms with van der Waals surface area (Å²) < 4.78 is 9.63. The Balaban J connectivity index is 0. The fourth-order valence-corrected chi connectivity index (χ4v) is 0.637. The van der Waals surface area contributed by atoms with Gasteiger partial charge in [0, 0.05) is 14.2 Å². The van der Waals surface area contributed by atoms with Gasteiger partial charge in [0.25, 0.3) is 0 Å². The quantitative estimate of drug-likeness (QED) is 0.377. The third-order valence-corrected chi connectivity index (χ3v) is 2.75. The van der Waals surface area contributed by atoms with Crippen LogP contribution in [-0.4, -0.2) is 23.5 Å². The molecule has 0 aromatic rings. The highest BCUT2D eigenvalue weighted by molar-refractivity contribution is 6.42. The molecule has 0 heterocycles. The number of allylic oxidation sites excluding steroid dienone is 1. The molecule has 0 radical (unpaired) electrons. The van der Waals surface area contributed by atoms with Gasteiger partial charge in [-0.1, -0.05) is 25.8 Å². The van der Waals surface area contributed by atoms with E-state index in [-0.39, 0.29) is 0 Å². The van der Waals surface area contributed by atoms with Crippen molar-refractivity contribution in [2.75, 3.05) is 14.2 Å². The largest absolute Gasteiger partial charge is 0.400 e. The third kappa shape index (κ3) is 16.5. The van der Waals surface area contributed by atoms with Crippen molar-refractivity contribution >= 4 is 9.28 Å². The minimum Gasteiger partial charge on any atom is -0.400 e. The van der Waals surface area contributed by atoms with Crippen molar-refractivity contribution in [1.29, 1.82) is 0 Å². The smallest absolute Gasteiger partial charge is 0.317 e. The van der Waals surface area contributed by atoms with E-state index in [1.54, 1.807) is 14.2 Å². The van der Waals surface area contributed by atoms with Gasteiger partial charge >= 0.3 is 9.28 Å². The monoisotopic (exact) mass is 190 g/mol. The van der Waals surface area contributed by atoms with E-state index in [2.05, 4.69) is 13.5 Å². The Morgan fingerprint density at radius 2 is 1.83 bits per heavy atom. The van der Waals surface area contributed by atoms with Gasteiger partial charge in [-0.25, -0.2) is 0 Å².